The van der Waals surface area contributed by atoms with E-state index in [4.69, 9.17) is 0 Å². The minimum atomic E-state index is -3.55. The van der Waals surface area contributed by atoms with E-state index in [-0.39, 0.29) is 31.4 Å². The van der Waals surface area contributed by atoms with Crippen molar-refractivity contribution in [3.63, 3.8) is 0 Å². The first kappa shape index (κ1) is 22.0. The van der Waals surface area contributed by atoms with Crippen molar-refractivity contribution in [2.75, 3.05) is 24.2 Å². The molecule has 2 aromatic rings. The van der Waals surface area contributed by atoms with E-state index in [1.54, 1.807) is 4.90 Å². The van der Waals surface area contributed by atoms with Crippen molar-refractivity contribution in [3.8, 4) is 0 Å². The van der Waals surface area contributed by atoms with E-state index in [0.717, 1.165) is 39.4 Å². The van der Waals surface area contributed by atoms with Gasteiger partial charge in [-0.1, -0.05) is 42.0 Å². The number of carbonyl (C=O) groups excluding carboxylic acids is 2. The van der Waals surface area contributed by atoms with Crippen molar-refractivity contribution >= 4 is 27.5 Å². The molecule has 1 heterocycles. The third kappa shape index (κ3) is 5.90. The molecule has 1 aliphatic heterocycles. The highest BCUT2D eigenvalue weighted by Crippen LogP contribution is 2.22. The van der Waals surface area contributed by atoms with Crippen LogP contribution in [0.5, 0.6) is 0 Å². The van der Waals surface area contributed by atoms with Gasteiger partial charge >= 0.3 is 0 Å². The monoisotopic (exact) mass is 429 g/mol. The molecule has 1 saturated heterocycles. The maximum absolute atomic E-state index is 12.4. The summed E-state index contributed by atoms with van der Waals surface area (Å²) in [6.45, 7) is 2.81. The molecule has 0 atom stereocenters. The molecule has 8 heteroatoms. The lowest BCUT2D eigenvalue weighted by Gasteiger charge is -2.20. The summed E-state index contributed by atoms with van der Waals surface area (Å²) in [7, 11) is -3.55. The van der Waals surface area contributed by atoms with Crippen LogP contribution >= 0.6 is 0 Å². The highest BCUT2D eigenvalue weighted by Gasteiger charge is 2.22. The minimum absolute atomic E-state index is 0.107. The van der Waals surface area contributed by atoms with Crippen LogP contribution in [0.3, 0.4) is 0 Å². The molecule has 2 aromatic carbocycles. The van der Waals surface area contributed by atoms with Gasteiger partial charge in [0.15, 0.2) is 0 Å². The van der Waals surface area contributed by atoms with Gasteiger partial charge in [0.25, 0.3) is 0 Å². The zero-order chi connectivity index (χ0) is 21.7. The number of benzene rings is 2. The summed E-state index contributed by atoms with van der Waals surface area (Å²) in [4.78, 5) is 26.1. The molecule has 1 aliphatic rings. The van der Waals surface area contributed by atoms with Crippen molar-refractivity contribution in [1.82, 2.24) is 9.62 Å². The lowest BCUT2D eigenvalue weighted by atomic mass is 10.1. The van der Waals surface area contributed by atoms with Crippen LogP contribution in [0, 0.1) is 6.92 Å². The molecule has 0 spiro atoms. The molecule has 0 unspecified atom stereocenters. The van der Waals surface area contributed by atoms with Gasteiger partial charge in [-0.05, 0) is 36.6 Å². The second kappa shape index (κ2) is 9.40. The number of hydrogen-bond donors (Lipinski definition) is 1. The summed E-state index contributed by atoms with van der Waals surface area (Å²) >= 11 is 0. The van der Waals surface area contributed by atoms with Crippen LogP contribution in [0.2, 0.25) is 0 Å². The van der Waals surface area contributed by atoms with E-state index >= 15 is 0 Å². The third-order valence-corrected chi connectivity index (χ3v) is 6.25. The number of amides is 2. The quantitative estimate of drug-likeness (QED) is 0.697. The largest absolute Gasteiger partial charge is 0.351 e. The van der Waals surface area contributed by atoms with E-state index in [1.807, 2.05) is 55.5 Å². The molecule has 0 saturated carbocycles. The number of hydrogen-bond acceptors (Lipinski definition) is 4. The molecule has 0 aliphatic carbocycles. The van der Waals surface area contributed by atoms with E-state index in [1.165, 1.54) is 0 Å². The first-order chi connectivity index (χ1) is 14.2. The Labute approximate surface area is 177 Å². The zero-order valence-electron chi connectivity index (χ0n) is 17.3. The van der Waals surface area contributed by atoms with Gasteiger partial charge in [0.2, 0.25) is 21.8 Å². The van der Waals surface area contributed by atoms with Crippen molar-refractivity contribution in [3.05, 3.63) is 65.2 Å². The summed E-state index contributed by atoms with van der Waals surface area (Å²) < 4.78 is 25.4. The van der Waals surface area contributed by atoms with E-state index < -0.39 is 10.0 Å². The standard InChI is InChI=1S/C22H27N3O4S/c1-17-8-10-18(11-9-17)15-24(30(2,28)29)16-21(26)23-14-19-5-3-6-20(13-19)25-12-4-7-22(25)27/h3,5-6,8-11,13H,4,7,12,14-16H2,1-2H3,(H,23,26). The predicted molar refractivity (Wildman–Crippen MR) is 116 cm³/mol. The fourth-order valence-corrected chi connectivity index (χ4v) is 4.10. The number of aryl methyl sites for hydroxylation is 1. The summed E-state index contributed by atoms with van der Waals surface area (Å²) in [6.07, 6.45) is 2.51. The van der Waals surface area contributed by atoms with E-state index in [2.05, 4.69) is 5.32 Å². The van der Waals surface area contributed by atoms with Crippen LogP contribution in [0.1, 0.15) is 29.5 Å². The normalized spacial score (nSPS) is 14.4. The summed E-state index contributed by atoms with van der Waals surface area (Å²) in [5.41, 5.74) is 3.58. The Kier molecular flexibility index (Phi) is 6.89. The van der Waals surface area contributed by atoms with Crippen molar-refractivity contribution in [2.45, 2.75) is 32.9 Å². The Balaban J connectivity index is 1.60. The maximum Gasteiger partial charge on any atom is 0.235 e. The molecule has 1 N–H and O–H groups in total. The smallest absolute Gasteiger partial charge is 0.235 e. The van der Waals surface area contributed by atoms with Crippen LogP contribution in [0.25, 0.3) is 0 Å². The first-order valence-corrected chi connectivity index (χ1v) is 11.7. The Bertz CT molecular complexity index is 1020. The zero-order valence-corrected chi connectivity index (χ0v) is 18.1. The van der Waals surface area contributed by atoms with Crippen LogP contribution in [-0.4, -0.2) is 43.9 Å². The fourth-order valence-electron chi connectivity index (χ4n) is 3.36. The molecule has 7 nitrogen and oxygen atoms in total. The Hall–Kier alpha value is -2.71. The van der Waals surface area contributed by atoms with Crippen molar-refractivity contribution in [1.29, 1.82) is 0 Å². The number of nitrogens with one attached hydrogen (secondary N) is 1. The van der Waals surface area contributed by atoms with Gasteiger partial charge in [-0.2, -0.15) is 4.31 Å². The van der Waals surface area contributed by atoms with Gasteiger partial charge in [-0.15, -0.1) is 0 Å². The van der Waals surface area contributed by atoms with Gasteiger partial charge in [-0.25, -0.2) is 8.42 Å². The minimum Gasteiger partial charge on any atom is -0.351 e. The average Bonchev–Trinajstić information content (AvgIpc) is 3.13. The van der Waals surface area contributed by atoms with Crippen molar-refractivity contribution in [2.24, 2.45) is 0 Å². The summed E-state index contributed by atoms with van der Waals surface area (Å²) in [6, 6.07) is 15.0. The Morgan fingerprint density at radius 2 is 1.87 bits per heavy atom. The van der Waals surface area contributed by atoms with Gasteiger partial charge in [0.05, 0.1) is 12.8 Å². The maximum atomic E-state index is 12.4. The van der Waals surface area contributed by atoms with Crippen LogP contribution < -0.4 is 10.2 Å². The van der Waals surface area contributed by atoms with E-state index in [9.17, 15) is 18.0 Å². The highest BCUT2D eigenvalue weighted by atomic mass is 32.2. The second-order valence-electron chi connectivity index (χ2n) is 7.61. The predicted octanol–water partition coefficient (Wildman–Crippen LogP) is 2.20. The number of rotatable bonds is 8. The van der Waals surface area contributed by atoms with Crippen LogP contribution in [-0.2, 0) is 32.7 Å². The van der Waals surface area contributed by atoms with Gasteiger partial charge < -0.3 is 10.2 Å². The lowest BCUT2D eigenvalue weighted by Crippen LogP contribution is -2.39. The van der Waals surface area contributed by atoms with Gasteiger partial charge in [0.1, 0.15) is 0 Å². The third-order valence-electron chi connectivity index (χ3n) is 5.05. The van der Waals surface area contributed by atoms with E-state index in [0.29, 0.717) is 13.0 Å². The Morgan fingerprint density at radius 1 is 1.13 bits per heavy atom. The van der Waals surface area contributed by atoms with Crippen molar-refractivity contribution < 1.29 is 18.0 Å². The summed E-state index contributed by atoms with van der Waals surface area (Å²) in [5.74, 6) is -0.272. The molecule has 0 bridgehead atoms. The number of sulfonamides is 1. The lowest BCUT2D eigenvalue weighted by molar-refractivity contribution is -0.121. The second-order valence-corrected chi connectivity index (χ2v) is 9.59. The molecule has 1 fully saturated rings. The Morgan fingerprint density at radius 3 is 2.50 bits per heavy atom. The summed E-state index contributed by atoms with van der Waals surface area (Å²) in [5, 5.41) is 2.78. The van der Waals surface area contributed by atoms with Crippen LogP contribution in [0.15, 0.2) is 48.5 Å². The fraction of sp³-hybridized carbons (Fsp3) is 0.364. The SMILES string of the molecule is Cc1ccc(CN(CC(=O)NCc2cccc(N3CCCC3=O)c2)S(C)(=O)=O)cc1. The van der Waals surface area contributed by atoms with Gasteiger partial charge in [-0.3, -0.25) is 9.59 Å². The topological polar surface area (TPSA) is 86.8 Å². The number of carbonyl (C=O) groups is 2. The highest BCUT2D eigenvalue weighted by molar-refractivity contribution is 7.88. The van der Waals surface area contributed by atoms with Crippen LogP contribution in [0.4, 0.5) is 5.69 Å². The molecular formula is C22H27N3O4S. The average molecular weight is 430 g/mol. The molecule has 2 amide bonds. The molecule has 160 valence electrons. The molecular weight excluding hydrogens is 402 g/mol. The van der Waals surface area contributed by atoms with Gasteiger partial charge in [0, 0.05) is 31.7 Å². The molecule has 3 rings (SSSR count). The number of anilines is 1. The molecule has 0 radical (unpaired) electrons. The number of nitrogens with zero attached hydrogens (tertiary/aromatic N) is 2. The molecule has 30 heavy (non-hydrogen) atoms. The first-order valence-electron chi connectivity index (χ1n) is 9.89. The molecule has 0 aromatic heterocycles.